The van der Waals surface area contributed by atoms with E-state index in [0.717, 1.165) is 38.9 Å². The van der Waals surface area contributed by atoms with Crippen molar-refractivity contribution in [1.29, 1.82) is 0 Å². The van der Waals surface area contributed by atoms with Gasteiger partial charge in [-0.2, -0.15) is 0 Å². The maximum Gasteiger partial charge on any atom is 0.157 e. The van der Waals surface area contributed by atoms with Crippen molar-refractivity contribution in [2.45, 2.75) is 57.0 Å². The molecule has 1 aromatic rings. The Morgan fingerprint density at radius 1 is 1.08 bits per heavy atom. The number of epoxide rings is 1. The molecule has 2 aliphatic heterocycles. The van der Waals surface area contributed by atoms with Gasteiger partial charge in [0.15, 0.2) is 6.29 Å². The third kappa shape index (κ3) is 6.23. The van der Waals surface area contributed by atoms with Crippen LogP contribution < -0.4 is 0 Å². The van der Waals surface area contributed by atoms with Crippen molar-refractivity contribution in [3.8, 4) is 0 Å². The second-order valence-electron chi connectivity index (χ2n) is 6.46. The van der Waals surface area contributed by atoms with Gasteiger partial charge in [-0.05, 0) is 44.1 Å². The molecule has 0 radical (unpaired) electrons. The monoisotopic (exact) mass is 328 g/mol. The van der Waals surface area contributed by atoms with E-state index in [1.54, 1.807) is 0 Å². The summed E-state index contributed by atoms with van der Waals surface area (Å²) in [4.78, 5) is 0. The van der Waals surface area contributed by atoms with E-state index in [0.29, 0.717) is 12.2 Å². The highest BCUT2D eigenvalue weighted by atomic mass is 16.7. The molecule has 2 aliphatic rings. The normalized spacial score (nSPS) is 27.1. The lowest BCUT2D eigenvalue weighted by atomic mass is 10.1. The van der Waals surface area contributed by atoms with Crippen LogP contribution in [0.5, 0.6) is 0 Å². The molecule has 0 amide bonds. The lowest BCUT2D eigenvalue weighted by Crippen LogP contribution is -2.22. The highest BCUT2D eigenvalue weighted by molar-refractivity contribution is 5.50. The first kappa shape index (κ1) is 17.4. The summed E-state index contributed by atoms with van der Waals surface area (Å²) < 4.78 is 17.0. The molecule has 2 saturated heterocycles. The number of allylic oxidation sites excluding steroid dienone is 2. The maximum atomic E-state index is 5.75. The van der Waals surface area contributed by atoms with Crippen LogP contribution in [-0.2, 0) is 14.2 Å². The molecular weight excluding hydrogens is 300 g/mol. The summed E-state index contributed by atoms with van der Waals surface area (Å²) in [6, 6.07) is 10.3. The first-order valence-corrected chi connectivity index (χ1v) is 9.20. The molecule has 3 nitrogen and oxygen atoms in total. The van der Waals surface area contributed by atoms with Crippen molar-refractivity contribution >= 4 is 6.08 Å². The fourth-order valence-electron chi connectivity index (χ4n) is 2.97. The molecule has 0 saturated carbocycles. The van der Waals surface area contributed by atoms with E-state index in [1.165, 1.54) is 18.4 Å². The van der Waals surface area contributed by atoms with Gasteiger partial charge in [0.25, 0.3) is 0 Å². The Kier molecular flexibility index (Phi) is 7.09. The number of hydrogen-bond donors (Lipinski definition) is 0. The molecule has 3 atom stereocenters. The van der Waals surface area contributed by atoms with Crippen LogP contribution in [0.4, 0.5) is 0 Å². The van der Waals surface area contributed by atoms with Crippen LogP contribution in [0.25, 0.3) is 6.08 Å². The van der Waals surface area contributed by atoms with E-state index < -0.39 is 0 Å². The first-order chi connectivity index (χ1) is 11.9. The summed E-state index contributed by atoms with van der Waals surface area (Å²) in [6.45, 7) is 1.66. The van der Waals surface area contributed by atoms with Crippen molar-refractivity contribution in [2.24, 2.45) is 0 Å². The summed E-state index contributed by atoms with van der Waals surface area (Å²) >= 11 is 0. The zero-order valence-corrected chi connectivity index (χ0v) is 14.3. The zero-order chi connectivity index (χ0) is 16.5. The van der Waals surface area contributed by atoms with E-state index in [4.69, 9.17) is 14.2 Å². The first-order valence-electron chi connectivity index (χ1n) is 9.20. The quantitative estimate of drug-likeness (QED) is 0.373. The van der Waals surface area contributed by atoms with Gasteiger partial charge in [-0.25, -0.2) is 0 Å². The molecule has 3 rings (SSSR count). The second-order valence-corrected chi connectivity index (χ2v) is 6.46. The van der Waals surface area contributed by atoms with Crippen molar-refractivity contribution in [3.63, 3.8) is 0 Å². The Morgan fingerprint density at radius 3 is 2.83 bits per heavy atom. The molecular formula is C21H28O3. The van der Waals surface area contributed by atoms with Gasteiger partial charge in [0, 0.05) is 13.2 Å². The maximum absolute atomic E-state index is 5.75. The zero-order valence-electron chi connectivity index (χ0n) is 14.3. The highest BCUT2D eigenvalue weighted by Crippen LogP contribution is 2.28. The van der Waals surface area contributed by atoms with Gasteiger partial charge in [-0.1, -0.05) is 54.6 Å². The molecule has 0 aliphatic carbocycles. The molecule has 0 N–H and O–H groups in total. The fourth-order valence-corrected chi connectivity index (χ4v) is 2.97. The summed E-state index contributed by atoms with van der Waals surface area (Å²) in [5, 5.41) is 0. The number of ether oxygens (including phenoxy) is 3. The van der Waals surface area contributed by atoms with Crippen LogP contribution in [0, 0.1) is 0 Å². The average molecular weight is 328 g/mol. The predicted octanol–water partition coefficient (Wildman–Crippen LogP) is 4.74. The average Bonchev–Trinajstić information content (AvgIpc) is 3.38. The fraction of sp³-hybridized carbons (Fsp3) is 0.524. The molecule has 130 valence electrons. The van der Waals surface area contributed by atoms with Crippen LogP contribution in [0.1, 0.15) is 44.1 Å². The number of hydrogen-bond acceptors (Lipinski definition) is 3. The van der Waals surface area contributed by atoms with Gasteiger partial charge in [-0.3, -0.25) is 0 Å². The van der Waals surface area contributed by atoms with Gasteiger partial charge in [0.1, 0.15) is 6.10 Å². The summed E-state index contributed by atoms with van der Waals surface area (Å²) in [5.41, 5.74) is 1.22. The predicted molar refractivity (Wildman–Crippen MR) is 96.7 cm³/mol. The molecule has 2 heterocycles. The van der Waals surface area contributed by atoms with Crippen LogP contribution in [-0.4, -0.2) is 31.7 Å². The van der Waals surface area contributed by atoms with Gasteiger partial charge in [0.2, 0.25) is 0 Å². The number of rotatable bonds is 9. The Hall–Kier alpha value is -1.42. The van der Waals surface area contributed by atoms with Crippen molar-refractivity contribution < 1.29 is 14.2 Å². The van der Waals surface area contributed by atoms with Crippen LogP contribution in [0.3, 0.4) is 0 Å². The Bertz CT molecular complexity index is 517. The van der Waals surface area contributed by atoms with Gasteiger partial charge < -0.3 is 14.2 Å². The van der Waals surface area contributed by atoms with E-state index in [9.17, 15) is 0 Å². The van der Waals surface area contributed by atoms with E-state index in [1.807, 2.05) is 18.2 Å². The molecule has 24 heavy (non-hydrogen) atoms. The van der Waals surface area contributed by atoms with Crippen LogP contribution in [0.2, 0.25) is 0 Å². The smallest absolute Gasteiger partial charge is 0.157 e. The number of benzene rings is 1. The van der Waals surface area contributed by atoms with Crippen LogP contribution in [0.15, 0.2) is 48.6 Å². The standard InChI is InChI=1S/C21H28O3/c1-2-10-18(11-3-1)12-4-5-13-19-20(24-19)14-6-8-16-22-21-15-7-9-17-23-21/h1-5,10-13,19-21H,6-9,14-17H2/b12-4+,13-5+/t19-,20-,21?/m0/s1. The van der Waals surface area contributed by atoms with Crippen molar-refractivity contribution in [1.82, 2.24) is 0 Å². The lowest BCUT2D eigenvalue weighted by molar-refractivity contribution is -0.162. The SMILES string of the molecule is C(/C=C/[C@@H]1O[C@H]1CCCCOC1CCCCO1)=C\c1ccccc1. The summed E-state index contributed by atoms with van der Waals surface area (Å²) in [6.07, 6.45) is 16.0. The van der Waals surface area contributed by atoms with E-state index in [2.05, 4.69) is 36.4 Å². The number of unbranched alkanes of at least 4 members (excludes halogenated alkanes) is 1. The van der Waals surface area contributed by atoms with Crippen molar-refractivity contribution in [3.05, 3.63) is 54.1 Å². The Labute approximate surface area is 145 Å². The van der Waals surface area contributed by atoms with Crippen LogP contribution >= 0.6 is 0 Å². The topological polar surface area (TPSA) is 31.0 Å². The van der Waals surface area contributed by atoms with Crippen molar-refractivity contribution in [2.75, 3.05) is 13.2 Å². The molecule has 0 aromatic heterocycles. The van der Waals surface area contributed by atoms with Gasteiger partial charge >= 0.3 is 0 Å². The molecule has 0 spiro atoms. The molecule has 3 heteroatoms. The summed E-state index contributed by atoms with van der Waals surface area (Å²) in [7, 11) is 0. The van der Waals surface area contributed by atoms with Gasteiger partial charge in [0.05, 0.1) is 6.10 Å². The molecule has 1 aromatic carbocycles. The Balaban J connectivity index is 1.21. The second kappa shape index (κ2) is 9.77. The minimum Gasteiger partial charge on any atom is -0.365 e. The third-order valence-electron chi connectivity index (χ3n) is 4.45. The Morgan fingerprint density at radius 2 is 2.00 bits per heavy atom. The molecule has 0 bridgehead atoms. The molecule has 2 fully saturated rings. The third-order valence-corrected chi connectivity index (χ3v) is 4.45. The highest BCUT2D eigenvalue weighted by Gasteiger charge is 2.35. The van der Waals surface area contributed by atoms with E-state index >= 15 is 0 Å². The van der Waals surface area contributed by atoms with E-state index in [-0.39, 0.29) is 6.29 Å². The largest absolute Gasteiger partial charge is 0.365 e. The lowest BCUT2D eigenvalue weighted by Gasteiger charge is -2.22. The minimum atomic E-state index is 0.0445. The summed E-state index contributed by atoms with van der Waals surface area (Å²) in [5.74, 6) is 0. The minimum absolute atomic E-state index is 0.0445. The van der Waals surface area contributed by atoms with Gasteiger partial charge in [-0.15, -0.1) is 0 Å². The molecule has 1 unspecified atom stereocenters.